The van der Waals surface area contributed by atoms with Crippen LogP contribution in [-0.2, 0) is 0 Å². The van der Waals surface area contributed by atoms with E-state index in [2.05, 4.69) is 21.7 Å². The van der Waals surface area contributed by atoms with Gasteiger partial charge in [-0.1, -0.05) is 17.7 Å². The van der Waals surface area contributed by atoms with Crippen molar-refractivity contribution in [1.29, 1.82) is 0 Å². The first-order valence-corrected chi connectivity index (χ1v) is 9.49. The number of ether oxygens (including phenoxy) is 1. The van der Waals surface area contributed by atoms with Gasteiger partial charge in [-0.05, 0) is 68.9 Å². The molecule has 0 unspecified atom stereocenters. The number of anilines is 2. The summed E-state index contributed by atoms with van der Waals surface area (Å²) in [7, 11) is 1.64. The molecule has 0 fully saturated rings. The number of aromatic nitrogens is 1. The molecule has 0 bridgehead atoms. The predicted octanol–water partition coefficient (Wildman–Crippen LogP) is 4.76. The summed E-state index contributed by atoms with van der Waals surface area (Å²) in [6.45, 7) is 2.69. The molecule has 0 saturated carbocycles. The number of allylic oxidation sites excluding steroid dienone is 1. The normalized spacial score (nSPS) is 13.6. The van der Waals surface area contributed by atoms with Crippen LogP contribution in [0.1, 0.15) is 48.2 Å². The molecule has 1 aromatic heterocycles. The van der Waals surface area contributed by atoms with Crippen LogP contribution in [0.3, 0.4) is 0 Å². The van der Waals surface area contributed by atoms with Crippen molar-refractivity contribution in [2.45, 2.75) is 39.0 Å². The van der Waals surface area contributed by atoms with Gasteiger partial charge in [-0.15, -0.1) is 0 Å². The largest absolute Gasteiger partial charge is 0.495 e. The van der Waals surface area contributed by atoms with Crippen LogP contribution < -0.4 is 15.4 Å². The first-order chi connectivity index (χ1) is 13.2. The van der Waals surface area contributed by atoms with Crippen LogP contribution in [0.2, 0.25) is 0 Å². The molecule has 0 radical (unpaired) electrons. The molecule has 5 nitrogen and oxygen atoms in total. The average molecular weight is 365 g/mol. The summed E-state index contributed by atoms with van der Waals surface area (Å²) in [5.41, 5.74) is 4.70. The Labute approximate surface area is 160 Å². The number of nitrogens with one attached hydrogen (secondary N) is 2. The van der Waals surface area contributed by atoms with Gasteiger partial charge in [0.15, 0.2) is 0 Å². The van der Waals surface area contributed by atoms with Crippen molar-refractivity contribution in [3.63, 3.8) is 0 Å². The second-order valence-corrected chi connectivity index (χ2v) is 6.87. The minimum absolute atomic E-state index is 0.133. The lowest BCUT2D eigenvalue weighted by atomic mass is 9.97. The van der Waals surface area contributed by atoms with Crippen molar-refractivity contribution < 1.29 is 9.53 Å². The van der Waals surface area contributed by atoms with E-state index in [-0.39, 0.29) is 5.91 Å². The van der Waals surface area contributed by atoms with Crippen molar-refractivity contribution in [3.05, 3.63) is 59.4 Å². The number of aryl methyl sites for hydroxylation is 1. The maximum Gasteiger partial charge on any atom is 0.269 e. The lowest BCUT2D eigenvalue weighted by molar-refractivity contribution is 0.0949. The predicted molar refractivity (Wildman–Crippen MR) is 109 cm³/mol. The zero-order valence-corrected chi connectivity index (χ0v) is 16.0. The fourth-order valence-corrected chi connectivity index (χ4v) is 3.24. The fourth-order valence-electron chi connectivity index (χ4n) is 3.24. The summed E-state index contributed by atoms with van der Waals surface area (Å²) in [6, 6.07) is 9.53. The van der Waals surface area contributed by atoms with Crippen LogP contribution in [0.15, 0.2) is 48.2 Å². The highest BCUT2D eigenvalue weighted by Gasteiger charge is 2.09. The van der Waals surface area contributed by atoms with E-state index in [1.165, 1.54) is 24.8 Å². The van der Waals surface area contributed by atoms with Crippen molar-refractivity contribution >= 4 is 17.3 Å². The molecular weight excluding hydrogens is 338 g/mol. The Hall–Kier alpha value is -2.82. The summed E-state index contributed by atoms with van der Waals surface area (Å²) in [5, 5.41) is 6.25. The van der Waals surface area contributed by atoms with Crippen LogP contribution >= 0.6 is 0 Å². The zero-order chi connectivity index (χ0) is 19.1. The van der Waals surface area contributed by atoms with Gasteiger partial charge < -0.3 is 15.4 Å². The van der Waals surface area contributed by atoms with E-state index >= 15 is 0 Å². The molecular formula is C22H27N3O2. The number of nitrogens with zero attached hydrogens (tertiary/aromatic N) is 1. The molecule has 2 aromatic rings. The average Bonchev–Trinajstić information content (AvgIpc) is 2.69. The van der Waals surface area contributed by atoms with Crippen molar-refractivity contribution in [3.8, 4) is 5.75 Å². The first kappa shape index (κ1) is 19.0. The molecule has 0 aliphatic heterocycles. The third-order valence-electron chi connectivity index (χ3n) is 4.75. The highest BCUT2D eigenvalue weighted by atomic mass is 16.5. The second-order valence-electron chi connectivity index (χ2n) is 6.87. The molecule has 0 saturated heterocycles. The van der Waals surface area contributed by atoms with Gasteiger partial charge >= 0.3 is 0 Å². The van der Waals surface area contributed by atoms with Crippen molar-refractivity contribution in [2.75, 3.05) is 19.0 Å². The number of pyridine rings is 1. The molecule has 1 aliphatic carbocycles. The van der Waals surface area contributed by atoms with E-state index < -0.39 is 0 Å². The number of methoxy groups -OCH3 is 1. The Balaban J connectivity index is 1.56. The Bertz CT molecular complexity index is 813. The van der Waals surface area contributed by atoms with Crippen LogP contribution in [-0.4, -0.2) is 24.5 Å². The molecule has 0 atom stereocenters. The molecule has 3 rings (SSSR count). The summed E-state index contributed by atoms with van der Waals surface area (Å²) in [6.07, 6.45) is 9.80. The maximum absolute atomic E-state index is 12.3. The fraction of sp³-hybridized carbons (Fsp3) is 0.364. The number of amides is 1. The number of benzene rings is 1. The molecule has 1 heterocycles. The van der Waals surface area contributed by atoms with Gasteiger partial charge in [0.1, 0.15) is 11.4 Å². The minimum atomic E-state index is -0.133. The van der Waals surface area contributed by atoms with Gasteiger partial charge in [-0.3, -0.25) is 4.79 Å². The SMILES string of the molecule is COc1ccc(C)cc1Nc1ccc(C(=O)NCCC2=CCCCC2)nc1. The lowest BCUT2D eigenvalue weighted by Gasteiger charge is -2.13. The summed E-state index contributed by atoms with van der Waals surface area (Å²) < 4.78 is 5.38. The van der Waals surface area contributed by atoms with E-state index in [9.17, 15) is 4.79 Å². The van der Waals surface area contributed by atoms with Gasteiger partial charge in [0, 0.05) is 6.54 Å². The van der Waals surface area contributed by atoms with Crippen LogP contribution in [0.5, 0.6) is 5.75 Å². The van der Waals surface area contributed by atoms with Gasteiger partial charge in [-0.25, -0.2) is 4.98 Å². The number of carbonyl (C=O) groups is 1. The molecule has 5 heteroatoms. The maximum atomic E-state index is 12.3. The summed E-state index contributed by atoms with van der Waals surface area (Å²) >= 11 is 0. The second kappa shape index (κ2) is 9.21. The third-order valence-corrected chi connectivity index (χ3v) is 4.75. The van der Waals surface area contributed by atoms with E-state index in [4.69, 9.17) is 4.74 Å². The minimum Gasteiger partial charge on any atom is -0.495 e. The van der Waals surface area contributed by atoms with E-state index in [0.717, 1.165) is 35.5 Å². The Morgan fingerprint density at radius 1 is 1.22 bits per heavy atom. The molecule has 1 amide bonds. The number of carbonyl (C=O) groups excluding carboxylic acids is 1. The summed E-state index contributed by atoms with van der Waals surface area (Å²) in [4.78, 5) is 16.6. The number of rotatable bonds is 7. The Morgan fingerprint density at radius 3 is 2.81 bits per heavy atom. The topological polar surface area (TPSA) is 63.2 Å². The van der Waals surface area contributed by atoms with E-state index in [1.54, 1.807) is 19.4 Å². The van der Waals surface area contributed by atoms with E-state index in [0.29, 0.717) is 12.2 Å². The number of hydrogen-bond acceptors (Lipinski definition) is 4. The van der Waals surface area contributed by atoms with Gasteiger partial charge in [0.2, 0.25) is 0 Å². The molecule has 1 aromatic carbocycles. The first-order valence-electron chi connectivity index (χ1n) is 9.49. The van der Waals surface area contributed by atoms with Crippen LogP contribution in [0.4, 0.5) is 11.4 Å². The van der Waals surface area contributed by atoms with Gasteiger partial charge in [-0.2, -0.15) is 0 Å². The Morgan fingerprint density at radius 2 is 2.11 bits per heavy atom. The lowest BCUT2D eigenvalue weighted by Crippen LogP contribution is -2.25. The highest BCUT2D eigenvalue weighted by molar-refractivity contribution is 5.92. The molecule has 2 N–H and O–H groups in total. The molecule has 27 heavy (non-hydrogen) atoms. The highest BCUT2D eigenvalue weighted by Crippen LogP contribution is 2.28. The quantitative estimate of drug-likeness (QED) is 0.694. The third kappa shape index (κ3) is 5.33. The monoisotopic (exact) mass is 365 g/mol. The zero-order valence-electron chi connectivity index (χ0n) is 16.0. The van der Waals surface area contributed by atoms with Crippen LogP contribution in [0, 0.1) is 6.92 Å². The summed E-state index contributed by atoms with van der Waals surface area (Å²) in [5.74, 6) is 0.630. The van der Waals surface area contributed by atoms with Crippen molar-refractivity contribution in [2.24, 2.45) is 0 Å². The standard InChI is InChI=1S/C22H27N3O2/c1-16-8-11-21(27-2)20(14-16)25-18-9-10-19(24-15-18)22(26)23-13-12-17-6-4-3-5-7-17/h6,8-11,14-15,25H,3-5,7,12-13H2,1-2H3,(H,23,26). The molecule has 0 spiro atoms. The Kier molecular flexibility index (Phi) is 6.47. The van der Waals surface area contributed by atoms with Crippen LogP contribution in [0.25, 0.3) is 0 Å². The van der Waals surface area contributed by atoms with Gasteiger partial charge in [0.05, 0.1) is 24.7 Å². The molecule has 142 valence electrons. The van der Waals surface area contributed by atoms with Gasteiger partial charge in [0.25, 0.3) is 5.91 Å². The number of hydrogen-bond donors (Lipinski definition) is 2. The van der Waals surface area contributed by atoms with Crippen molar-refractivity contribution in [1.82, 2.24) is 10.3 Å². The molecule has 1 aliphatic rings. The smallest absolute Gasteiger partial charge is 0.269 e. The van der Waals surface area contributed by atoms with E-state index in [1.807, 2.05) is 31.2 Å².